The van der Waals surface area contributed by atoms with E-state index in [1.165, 1.54) is 12.1 Å². The first-order valence-electron chi connectivity index (χ1n) is 9.08. The van der Waals surface area contributed by atoms with Crippen LogP contribution in [0.4, 0.5) is 18.9 Å². The van der Waals surface area contributed by atoms with Crippen LogP contribution in [0.25, 0.3) is 0 Å². The predicted octanol–water partition coefficient (Wildman–Crippen LogP) is 4.39. The molecule has 5 nitrogen and oxygen atoms in total. The van der Waals surface area contributed by atoms with Crippen molar-refractivity contribution in [2.24, 2.45) is 0 Å². The van der Waals surface area contributed by atoms with E-state index in [0.29, 0.717) is 22.9 Å². The Bertz CT molecular complexity index is 849. The van der Waals surface area contributed by atoms with Crippen LogP contribution in [0, 0.1) is 0 Å². The third-order valence-corrected chi connectivity index (χ3v) is 4.20. The van der Waals surface area contributed by atoms with Crippen molar-refractivity contribution in [2.45, 2.75) is 45.5 Å². The molecule has 0 aliphatic heterocycles. The number of nitrogens with one attached hydrogen (secondary N) is 2. The maximum Gasteiger partial charge on any atom is 0.471 e. The number of hydrogen-bond acceptors (Lipinski definition) is 3. The lowest BCUT2D eigenvalue weighted by Crippen LogP contribution is -2.36. The number of benzene rings is 2. The van der Waals surface area contributed by atoms with E-state index in [0.717, 1.165) is 5.56 Å². The van der Waals surface area contributed by atoms with Crippen molar-refractivity contribution >= 4 is 17.5 Å². The Balaban J connectivity index is 2.00. The second-order valence-corrected chi connectivity index (χ2v) is 6.81. The fraction of sp³-hybridized carbons (Fsp3) is 0.333. The maximum atomic E-state index is 12.4. The molecule has 0 saturated carbocycles. The Hall–Kier alpha value is -3.03. The number of hydrogen-bond donors (Lipinski definition) is 2. The van der Waals surface area contributed by atoms with Crippen molar-refractivity contribution in [2.75, 3.05) is 5.32 Å². The van der Waals surface area contributed by atoms with Gasteiger partial charge in [-0.1, -0.05) is 44.2 Å². The Morgan fingerprint density at radius 2 is 1.62 bits per heavy atom. The molecule has 2 aromatic rings. The molecule has 0 aliphatic carbocycles. The number of carbonyl (C=O) groups is 2. The van der Waals surface area contributed by atoms with E-state index in [2.05, 4.69) is 19.2 Å². The second-order valence-electron chi connectivity index (χ2n) is 6.81. The van der Waals surface area contributed by atoms with E-state index in [-0.39, 0.29) is 6.54 Å². The van der Waals surface area contributed by atoms with Gasteiger partial charge in [-0.2, -0.15) is 13.2 Å². The van der Waals surface area contributed by atoms with Crippen LogP contribution in [0.5, 0.6) is 5.75 Å². The summed E-state index contributed by atoms with van der Waals surface area (Å²) >= 11 is 0. The topological polar surface area (TPSA) is 67.4 Å². The first-order valence-corrected chi connectivity index (χ1v) is 9.08. The average Bonchev–Trinajstić information content (AvgIpc) is 2.66. The zero-order valence-electron chi connectivity index (χ0n) is 16.3. The van der Waals surface area contributed by atoms with Gasteiger partial charge in [-0.25, -0.2) is 0 Å². The molecule has 0 saturated heterocycles. The number of ether oxygens (including phenoxy) is 1. The molecule has 0 spiro atoms. The van der Waals surface area contributed by atoms with Gasteiger partial charge in [0.05, 0.1) is 0 Å². The second kappa shape index (κ2) is 9.45. The zero-order valence-corrected chi connectivity index (χ0v) is 16.3. The van der Waals surface area contributed by atoms with Crippen LogP contribution in [0.2, 0.25) is 0 Å². The molecule has 0 fully saturated rings. The third kappa shape index (κ3) is 6.51. The van der Waals surface area contributed by atoms with E-state index in [4.69, 9.17) is 4.74 Å². The first-order chi connectivity index (χ1) is 13.6. The normalized spacial score (nSPS) is 12.4. The van der Waals surface area contributed by atoms with Gasteiger partial charge >= 0.3 is 12.1 Å². The summed E-state index contributed by atoms with van der Waals surface area (Å²) in [6, 6.07) is 13.7. The van der Waals surface area contributed by atoms with Crippen LogP contribution in [0.1, 0.15) is 37.8 Å². The van der Waals surface area contributed by atoms with E-state index < -0.39 is 24.1 Å². The summed E-state index contributed by atoms with van der Waals surface area (Å²) in [5.74, 6) is -1.60. The third-order valence-electron chi connectivity index (χ3n) is 4.20. The van der Waals surface area contributed by atoms with Gasteiger partial charge in [0.1, 0.15) is 5.75 Å². The van der Waals surface area contributed by atoms with Crippen LogP contribution < -0.4 is 15.4 Å². The smallest absolute Gasteiger partial charge is 0.471 e. The fourth-order valence-corrected chi connectivity index (χ4v) is 2.50. The number of para-hydroxylation sites is 1. The molecule has 0 bridgehead atoms. The highest BCUT2D eigenvalue weighted by Crippen LogP contribution is 2.21. The average molecular weight is 408 g/mol. The molecule has 8 heteroatoms. The van der Waals surface area contributed by atoms with Crippen molar-refractivity contribution in [1.29, 1.82) is 0 Å². The SMILES string of the molecule is CC(Oc1ccc(C(C)C)cc1)C(=O)Nc1ccccc1CNC(=O)C(F)(F)F. The summed E-state index contributed by atoms with van der Waals surface area (Å²) in [5, 5.41) is 4.42. The fourth-order valence-electron chi connectivity index (χ4n) is 2.50. The minimum atomic E-state index is -4.97. The van der Waals surface area contributed by atoms with Crippen LogP contribution >= 0.6 is 0 Å². The molecular weight excluding hydrogens is 385 g/mol. The summed E-state index contributed by atoms with van der Waals surface area (Å²) in [7, 11) is 0. The number of halogens is 3. The Morgan fingerprint density at radius 3 is 2.21 bits per heavy atom. The quantitative estimate of drug-likeness (QED) is 0.714. The van der Waals surface area contributed by atoms with Gasteiger partial charge in [-0.3, -0.25) is 9.59 Å². The monoisotopic (exact) mass is 408 g/mol. The molecule has 156 valence electrons. The molecule has 1 atom stereocenters. The van der Waals surface area contributed by atoms with Crippen molar-refractivity contribution in [3.05, 3.63) is 59.7 Å². The Kier molecular flexibility index (Phi) is 7.25. The summed E-state index contributed by atoms with van der Waals surface area (Å²) in [6.07, 6.45) is -5.80. The Morgan fingerprint density at radius 1 is 1.00 bits per heavy atom. The van der Waals surface area contributed by atoms with Gasteiger partial charge in [0.25, 0.3) is 5.91 Å². The molecule has 0 aliphatic rings. The highest BCUT2D eigenvalue weighted by atomic mass is 19.4. The molecule has 29 heavy (non-hydrogen) atoms. The molecule has 0 radical (unpaired) electrons. The molecule has 0 heterocycles. The molecule has 2 aromatic carbocycles. The van der Waals surface area contributed by atoms with E-state index in [1.54, 1.807) is 36.5 Å². The first kappa shape index (κ1) is 22.3. The van der Waals surface area contributed by atoms with E-state index in [1.807, 2.05) is 12.1 Å². The van der Waals surface area contributed by atoms with Crippen molar-refractivity contribution in [3.63, 3.8) is 0 Å². The van der Waals surface area contributed by atoms with Gasteiger partial charge in [-0.05, 0) is 42.2 Å². The molecule has 0 aromatic heterocycles. The summed E-state index contributed by atoms with van der Waals surface area (Å²) in [6.45, 7) is 5.33. The van der Waals surface area contributed by atoms with Crippen molar-refractivity contribution in [1.82, 2.24) is 5.32 Å². The summed E-state index contributed by atoms with van der Waals surface area (Å²) < 4.78 is 42.7. The lowest BCUT2D eigenvalue weighted by molar-refractivity contribution is -0.173. The number of rotatable bonds is 7. The van der Waals surface area contributed by atoms with E-state index >= 15 is 0 Å². The van der Waals surface area contributed by atoms with Gasteiger partial charge in [-0.15, -0.1) is 0 Å². The molecular formula is C21H23F3N2O3. The maximum absolute atomic E-state index is 12.4. The van der Waals surface area contributed by atoms with Gasteiger partial charge in [0, 0.05) is 12.2 Å². The lowest BCUT2D eigenvalue weighted by Gasteiger charge is -2.17. The van der Waals surface area contributed by atoms with Crippen LogP contribution in [0.3, 0.4) is 0 Å². The van der Waals surface area contributed by atoms with Crippen LogP contribution in [-0.2, 0) is 16.1 Å². The molecule has 2 rings (SSSR count). The highest BCUT2D eigenvalue weighted by molar-refractivity contribution is 5.94. The number of alkyl halides is 3. The van der Waals surface area contributed by atoms with Crippen molar-refractivity contribution in [3.8, 4) is 5.75 Å². The number of carbonyl (C=O) groups excluding carboxylic acids is 2. The van der Waals surface area contributed by atoms with E-state index in [9.17, 15) is 22.8 Å². The van der Waals surface area contributed by atoms with Crippen molar-refractivity contribution < 1.29 is 27.5 Å². The molecule has 2 amide bonds. The molecule has 1 unspecified atom stereocenters. The van der Waals surface area contributed by atoms with Crippen LogP contribution in [-0.4, -0.2) is 24.1 Å². The number of anilines is 1. The lowest BCUT2D eigenvalue weighted by atomic mass is 10.0. The minimum Gasteiger partial charge on any atom is -0.481 e. The Labute approximate surface area is 167 Å². The number of amides is 2. The van der Waals surface area contributed by atoms with Gasteiger partial charge in [0.2, 0.25) is 0 Å². The predicted molar refractivity (Wildman–Crippen MR) is 104 cm³/mol. The highest BCUT2D eigenvalue weighted by Gasteiger charge is 2.38. The van der Waals surface area contributed by atoms with Gasteiger partial charge < -0.3 is 15.4 Å². The molecule has 2 N–H and O–H groups in total. The largest absolute Gasteiger partial charge is 0.481 e. The minimum absolute atomic E-state index is 0.297. The standard InChI is InChI=1S/C21H23F3N2O3/c1-13(2)15-8-10-17(11-9-15)29-14(3)19(27)26-18-7-5-4-6-16(18)12-25-20(28)21(22,23)24/h4-11,13-14H,12H2,1-3H3,(H,25,28)(H,26,27). The van der Waals surface area contributed by atoms with Gasteiger partial charge in [0.15, 0.2) is 6.10 Å². The summed E-state index contributed by atoms with van der Waals surface area (Å²) in [5.41, 5.74) is 1.78. The zero-order chi connectivity index (χ0) is 21.6. The van der Waals surface area contributed by atoms with Crippen LogP contribution in [0.15, 0.2) is 48.5 Å². The summed E-state index contributed by atoms with van der Waals surface area (Å²) in [4.78, 5) is 23.4.